The highest BCUT2D eigenvalue weighted by Gasteiger charge is 2.34. The number of nitrogens with zero attached hydrogens (tertiary/aromatic N) is 2. The minimum Gasteiger partial charge on any atom is -0.447 e. The minimum atomic E-state index is -4.47. The molecule has 0 bridgehead atoms. The Balaban J connectivity index is 1.53. The molecular weight excluding hydrogens is 467 g/mol. The SMILES string of the molecule is CC(c1ccccc1)N(Cc1nc(C(=O)NCc2ccccc2)co1)Cc1ccccc1C(F)(F)F. The van der Waals surface area contributed by atoms with E-state index in [1.54, 1.807) is 6.07 Å². The van der Waals surface area contributed by atoms with E-state index < -0.39 is 11.7 Å². The summed E-state index contributed by atoms with van der Waals surface area (Å²) in [6.45, 7) is 2.40. The maximum absolute atomic E-state index is 13.6. The second-order valence-corrected chi connectivity index (χ2v) is 8.44. The second-order valence-electron chi connectivity index (χ2n) is 8.44. The van der Waals surface area contributed by atoms with Crippen molar-refractivity contribution in [3.63, 3.8) is 0 Å². The van der Waals surface area contributed by atoms with Crippen molar-refractivity contribution in [1.29, 1.82) is 0 Å². The Kier molecular flexibility index (Phi) is 7.85. The fourth-order valence-corrected chi connectivity index (χ4v) is 3.96. The van der Waals surface area contributed by atoms with Gasteiger partial charge in [0.25, 0.3) is 5.91 Å². The van der Waals surface area contributed by atoms with Gasteiger partial charge in [0.2, 0.25) is 5.89 Å². The molecule has 0 aliphatic carbocycles. The van der Waals surface area contributed by atoms with Crippen LogP contribution < -0.4 is 5.32 Å². The number of aromatic nitrogens is 1. The highest BCUT2D eigenvalue weighted by Crippen LogP contribution is 2.34. The summed E-state index contributed by atoms with van der Waals surface area (Å²) >= 11 is 0. The third-order valence-electron chi connectivity index (χ3n) is 5.94. The van der Waals surface area contributed by atoms with E-state index in [0.29, 0.717) is 6.54 Å². The van der Waals surface area contributed by atoms with Crippen molar-refractivity contribution in [2.24, 2.45) is 0 Å². The minimum absolute atomic E-state index is 0.0175. The molecule has 0 aliphatic rings. The van der Waals surface area contributed by atoms with Crippen LogP contribution in [0, 0.1) is 0 Å². The largest absolute Gasteiger partial charge is 0.447 e. The first-order valence-electron chi connectivity index (χ1n) is 11.5. The van der Waals surface area contributed by atoms with Crippen molar-refractivity contribution in [3.05, 3.63) is 125 Å². The third-order valence-corrected chi connectivity index (χ3v) is 5.94. The second kappa shape index (κ2) is 11.2. The Labute approximate surface area is 207 Å². The maximum atomic E-state index is 13.6. The smallest absolute Gasteiger partial charge is 0.416 e. The molecule has 3 aromatic carbocycles. The summed E-state index contributed by atoms with van der Waals surface area (Å²) in [7, 11) is 0. The van der Waals surface area contributed by atoms with Crippen LogP contribution in [0.4, 0.5) is 13.2 Å². The molecule has 0 radical (unpaired) electrons. The average Bonchev–Trinajstić information content (AvgIpc) is 3.36. The van der Waals surface area contributed by atoms with Crippen molar-refractivity contribution in [2.45, 2.75) is 38.8 Å². The summed E-state index contributed by atoms with van der Waals surface area (Å²) < 4.78 is 46.5. The Hall–Kier alpha value is -3.91. The number of amides is 1. The van der Waals surface area contributed by atoms with Crippen LogP contribution in [0.5, 0.6) is 0 Å². The lowest BCUT2D eigenvalue weighted by atomic mass is 10.0. The number of halogens is 3. The topological polar surface area (TPSA) is 58.4 Å². The van der Waals surface area contributed by atoms with Gasteiger partial charge in [-0.3, -0.25) is 9.69 Å². The number of carbonyl (C=O) groups is 1. The lowest BCUT2D eigenvalue weighted by Gasteiger charge is -2.29. The molecular formula is C28H26F3N3O2. The number of hydrogen-bond donors (Lipinski definition) is 1. The Morgan fingerprint density at radius 3 is 2.28 bits per heavy atom. The monoisotopic (exact) mass is 493 g/mol. The average molecular weight is 494 g/mol. The van der Waals surface area contributed by atoms with E-state index in [4.69, 9.17) is 4.42 Å². The molecule has 1 aromatic heterocycles. The number of oxazole rings is 1. The van der Waals surface area contributed by atoms with E-state index in [2.05, 4.69) is 10.3 Å². The molecule has 4 aromatic rings. The highest BCUT2D eigenvalue weighted by atomic mass is 19.4. The van der Waals surface area contributed by atoms with Gasteiger partial charge in [-0.1, -0.05) is 78.9 Å². The third kappa shape index (κ3) is 6.40. The van der Waals surface area contributed by atoms with Gasteiger partial charge >= 0.3 is 6.18 Å². The Bertz CT molecular complexity index is 1270. The van der Waals surface area contributed by atoms with Crippen LogP contribution in [0.1, 0.15) is 51.6 Å². The van der Waals surface area contributed by atoms with Gasteiger partial charge in [-0.15, -0.1) is 0 Å². The van der Waals surface area contributed by atoms with E-state index in [1.807, 2.05) is 72.5 Å². The van der Waals surface area contributed by atoms with Crippen LogP contribution in [0.2, 0.25) is 0 Å². The van der Waals surface area contributed by atoms with Crippen LogP contribution in [-0.4, -0.2) is 15.8 Å². The summed E-state index contributed by atoms with van der Waals surface area (Å²) in [4.78, 5) is 18.7. The zero-order valence-corrected chi connectivity index (χ0v) is 19.7. The standard InChI is InChI=1S/C28H26F3N3O2/c1-20(22-12-6-3-7-13-22)34(17-23-14-8-9-15-24(23)28(29,30)31)18-26-33-25(19-36-26)27(35)32-16-21-10-4-2-5-11-21/h2-15,19-20H,16-18H2,1H3,(H,32,35). The summed E-state index contributed by atoms with van der Waals surface area (Å²) in [6, 6.07) is 24.2. The molecule has 1 amide bonds. The summed E-state index contributed by atoms with van der Waals surface area (Å²) in [6.07, 6.45) is -3.20. The molecule has 0 saturated heterocycles. The van der Waals surface area contributed by atoms with Crippen molar-refractivity contribution in [2.75, 3.05) is 0 Å². The first kappa shape index (κ1) is 25.2. The number of carbonyl (C=O) groups excluding carboxylic acids is 1. The molecule has 36 heavy (non-hydrogen) atoms. The fourth-order valence-electron chi connectivity index (χ4n) is 3.96. The quantitative estimate of drug-likeness (QED) is 0.294. The van der Waals surface area contributed by atoms with Gasteiger partial charge in [-0.05, 0) is 29.7 Å². The van der Waals surface area contributed by atoms with E-state index in [9.17, 15) is 18.0 Å². The van der Waals surface area contributed by atoms with Crippen LogP contribution in [0.25, 0.3) is 0 Å². The van der Waals surface area contributed by atoms with Gasteiger partial charge in [0.05, 0.1) is 12.1 Å². The van der Waals surface area contributed by atoms with Crippen molar-refractivity contribution in [1.82, 2.24) is 15.2 Å². The van der Waals surface area contributed by atoms with E-state index in [1.165, 1.54) is 18.4 Å². The molecule has 8 heteroatoms. The van der Waals surface area contributed by atoms with Gasteiger partial charge in [0.15, 0.2) is 5.69 Å². The normalized spacial score (nSPS) is 12.5. The number of hydrogen-bond acceptors (Lipinski definition) is 4. The maximum Gasteiger partial charge on any atom is 0.416 e. The van der Waals surface area contributed by atoms with Crippen LogP contribution in [0.15, 0.2) is 95.6 Å². The lowest BCUT2D eigenvalue weighted by Crippen LogP contribution is -2.28. The van der Waals surface area contributed by atoms with E-state index in [0.717, 1.165) is 17.2 Å². The Morgan fingerprint density at radius 1 is 0.944 bits per heavy atom. The first-order chi connectivity index (χ1) is 17.3. The van der Waals surface area contributed by atoms with Gasteiger partial charge in [-0.2, -0.15) is 13.2 Å². The zero-order valence-electron chi connectivity index (χ0n) is 19.7. The molecule has 1 heterocycles. The van der Waals surface area contributed by atoms with Gasteiger partial charge in [0.1, 0.15) is 6.26 Å². The number of rotatable bonds is 9. The predicted molar refractivity (Wildman–Crippen MR) is 130 cm³/mol. The number of nitrogens with one attached hydrogen (secondary N) is 1. The molecule has 1 unspecified atom stereocenters. The van der Waals surface area contributed by atoms with E-state index >= 15 is 0 Å². The summed E-state index contributed by atoms with van der Waals surface area (Å²) in [5.74, 6) is -0.147. The van der Waals surface area contributed by atoms with E-state index in [-0.39, 0.29) is 42.2 Å². The van der Waals surface area contributed by atoms with Crippen LogP contribution in [0.3, 0.4) is 0 Å². The molecule has 186 valence electrons. The summed E-state index contributed by atoms with van der Waals surface area (Å²) in [5, 5.41) is 2.79. The van der Waals surface area contributed by atoms with Gasteiger partial charge in [0, 0.05) is 19.1 Å². The number of alkyl halides is 3. The van der Waals surface area contributed by atoms with Gasteiger partial charge in [-0.25, -0.2) is 4.98 Å². The first-order valence-corrected chi connectivity index (χ1v) is 11.5. The highest BCUT2D eigenvalue weighted by molar-refractivity contribution is 5.91. The fraction of sp³-hybridized carbons (Fsp3) is 0.214. The molecule has 0 saturated carbocycles. The van der Waals surface area contributed by atoms with Crippen LogP contribution in [-0.2, 0) is 25.8 Å². The molecule has 1 N–H and O–H groups in total. The number of benzene rings is 3. The molecule has 0 aliphatic heterocycles. The van der Waals surface area contributed by atoms with Gasteiger partial charge < -0.3 is 9.73 Å². The molecule has 0 fully saturated rings. The summed E-state index contributed by atoms with van der Waals surface area (Å²) in [5.41, 5.74) is 1.47. The molecule has 4 rings (SSSR count). The predicted octanol–water partition coefficient (Wildman–Crippen LogP) is 6.39. The van der Waals surface area contributed by atoms with Crippen molar-refractivity contribution >= 4 is 5.91 Å². The Morgan fingerprint density at radius 2 is 1.58 bits per heavy atom. The van der Waals surface area contributed by atoms with Crippen molar-refractivity contribution < 1.29 is 22.4 Å². The lowest BCUT2D eigenvalue weighted by molar-refractivity contribution is -0.138. The molecule has 1 atom stereocenters. The van der Waals surface area contributed by atoms with Crippen LogP contribution >= 0.6 is 0 Å². The zero-order chi connectivity index (χ0) is 25.5. The van der Waals surface area contributed by atoms with Crippen molar-refractivity contribution in [3.8, 4) is 0 Å². The molecule has 0 spiro atoms. The molecule has 5 nitrogen and oxygen atoms in total.